The summed E-state index contributed by atoms with van der Waals surface area (Å²) in [6.07, 6.45) is 2.85. The number of nitrogens with one attached hydrogen (secondary N) is 1. The van der Waals surface area contributed by atoms with E-state index < -0.39 is 6.04 Å². The zero-order chi connectivity index (χ0) is 13.1. The van der Waals surface area contributed by atoms with E-state index in [2.05, 4.69) is 15.1 Å². The lowest BCUT2D eigenvalue weighted by atomic mass is 10.0. The average Bonchev–Trinajstić information content (AvgIpc) is 2.34. The van der Waals surface area contributed by atoms with Gasteiger partial charge in [-0.1, -0.05) is 11.6 Å². The van der Waals surface area contributed by atoms with Crippen LogP contribution in [-0.4, -0.2) is 20.2 Å². The molecule has 1 unspecified atom stereocenters. The van der Waals surface area contributed by atoms with E-state index in [4.69, 9.17) is 17.1 Å². The molecule has 0 bridgehead atoms. The van der Waals surface area contributed by atoms with Crippen LogP contribution in [0.15, 0.2) is 35.7 Å². The van der Waals surface area contributed by atoms with Gasteiger partial charge in [0, 0.05) is 24.0 Å². The molecule has 18 heavy (non-hydrogen) atoms. The highest BCUT2D eigenvalue weighted by molar-refractivity contribution is 6.30. The molecule has 0 radical (unpaired) electrons. The van der Waals surface area contributed by atoms with Crippen molar-refractivity contribution in [2.24, 2.45) is 5.11 Å². The number of phenolic OH excluding ortho intramolecular Hbond substituents is 2. The Labute approximate surface area is 107 Å². The second-order valence-electron chi connectivity index (χ2n) is 3.51. The van der Waals surface area contributed by atoms with Crippen molar-refractivity contribution in [3.8, 4) is 11.5 Å². The highest BCUT2D eigenvalue weighted by atomic mass is 35.5. The lowest BCUT2D eigenvalue weighted by molar-refractivity contribution is 0.443. The molecule has 2 aromatic rings. The van der Waals surface area contributed by atoms with Gasteiger partial charge in [0.25, 0.3) is 0 Å². The minimum absolute atomic E-state index is 0.0785. The second kappa shape index (κ2) is 4.97. The van der Waals surface area contributed by atoms with Gasteiger partial charge in [-0.05, 0) is 12.1 Å². The summed E-state index contributed by atoms with van der Waals surface area (Å²) in [5, 5.41) is 22.5. The standard InChI is InChI=1S/C11H9ClN4O2/c12-11-10(14-3-4-15-11)9(16-13)7-2-1-6(17)5-8(7)18/h1-5,9,13,17-18H. The molecule has 3 N–H and O–H groups in total. The monoisotopic (exact) mass is 264 g/mol. The first-order valence-electron chi connectivity index (χ1n) is 4.98. The first-order chi connectivity index (χ1) is 8.63. The summed E-state index contributed by atoms with van der Waals surface area (Å²) < 4.78 is 0. The molecule has 0 saturated heterocycles. The maximum atomic E-state index is 9.75. The topological polar surface area (TPSA) is 102 Å². The van der Waals surface area contributed by atoms with Gasteiger partial charge in [0.05, 0.1) is 0 Å². The molecule has 1 aromatic heterocycles. The molecule has 0 aliphatic heterocycles. The molecule has 92 valence electrons. The average molecular weight is 265 g/mol. The molecular formula is C11H9ClN4O2. The minimum atomic E-state index is -0.855. The van der Waals surface area contributed by atoms with E-state index >= 15 is 0 Å². The van der Waals surface area contributed by atoms with Crippen LogP contribution in [0.3, 0.4) is 0 Å². The van der Waals surface area contributed by atoms with Gasteiger partial charge in [0.15, 0.2) is 5.15 Å². The summed E-state index contributed by atoms with van der Waals surface area (Å²) in [6, 6.07) is 3.15. The largest absolute Gasteiger partial charge is 0.508 e. The minimum Gasteiger partial charge on any atom is -0.508 e. The summed E-state index contributed by atoms with van der Waals surface area (Å²) in [5.41, 5.74) is 7.80. The molecule has 0 amide bonds. The van der Waals surface area contributed by atoms with E-state index in [1.165, 1.54) is 24.5 Å². The van der Waals surface area contributed by atoms with Gasteiger partial charge in [0.2, 0.25) is 0 Å². The number of hydrogen-bond acceptors (Lipinski definition) is 6. The highest BCUT2D eigenvalue weighted by Crippen LogP contribution is 2.35. The van der Waals surface area contributed by atoms with Crippen molar-refractivity contribution in [3.05, 3.63) is 47.0 Å². The van der Waals surface area contributed by atoms with Crippen LogP contribution in [-0.2, 0) is 0 Å². The van der Waals surface area contributed by atoms with Crippen molar-refractivity contribution in [1.29, 1.82) is 5.53 Å². The first-order valence-corrected chi connectivity index (χ1v) is 5.36. The van der Waals surface area contributed by atoms with Gasteiger partial charge in [-0.2, -0.15) is 5.11 Å². The molecule has 1 heterocycles. The Kier molecular flexibility index (Phi) is 3.38. The second-order valence-corrected chi connectivity index (χ2v) is 3.87. The lowest BCUT2D eigenvalue weighted by Crippen LogP contribution is -2.02. The SMILES string of the molecule is N=NC(c1ccc(O)cc1O)c1nccnc1Cl. The third-order valence-corrected chi connectivity index (χ3v) is 2.67. The Hall–Kier alpha value is -2.21. The molecule has 1 atom stereocenters. The third kappa shape index (κ3) is 2.23. The molecule has 6 nitrogen and oxygen atoms in total. The number of halogens is 1. The predicted octanol–water partition coefficient (Wildman–Crippen LogP) is 2.66. The van der Waals surface area contributed by atoms with Crippen molar-refractivity contribution in [3.63, 3.8) is 0 Å². The maximum absolute atomic E-state index is 9.75. The zero-order valence-electron chi connectivity index (χ0n) is 9.08. The van der Waals surface area contributed by atoms with Crippen molar-refractivity contribution in [2.75, 3.05) is 0 Å². The molecule has 2 rings (SSSR count). The number of aromatic hydroxyl groups is 2. The van der Waals surface area contributed by atoms with Crippen LogP contribution in [0.4, 0.5) is 0 Å². The fourth-order valence-electron chi connectivity index (χ4n) is 1.56. The quantitative estimate of drug-likeness (QED) is 0.742. The number of nitrogens with zero attached hydrogens (tertiary/aromatic N) is 3. The Morgan fingerprint density at radius 2 is 1.94 bits per heavy atom. The van der Waals surface area contributed by atoms with E-state index in [0.29, 0.717) is 5.56 Å². The summed E-state index contributed by atoms with van der Waals surface area (Å²) in [7, 11) is 0. The van der Waals surface area contributed by atoms with Crippen LogP contribution in [0.1, 0.15) is 17.3 Å². The Bertz CT molecular complexity index is 591. The number of hydrogen-bond donors (Lipinski definition) is 3. The third-order valence-electron chi connectivity index (χ3n) is 2.38. The molecule has 0 fully saturated rings. The van der Waals surface area contributed by atoms with Crippen LogP contribution >= 0.6 is 11.6 Å². The molecule has 0 aliphatic carbocycles. The number of rotatable bonds is 3. The van der Waals surface area contributed by atoms with E-state index in [9.17, 15) is 10.2 Å². The van der Waals surface area contributed by atoms with Gasteiger partial charge in [0.1, 0.15) is 23.2 Å². The highest BCUT2D eigenvalue weighted by Gasteiger charge is 2.21. The molecule has 0 saturated carbocycles. The molecule has 1 aromatic carbocycles. The van der Waals surface area contributed by atoms with Crippen molar-refractivity contribution in [1.82, 2.24) is 9.97 Å². The fraction of sp³-hybridized carbons (Fsp3) is 0.0909. The molecule has 0 aliphatic rings. The summed E-state index contributed by atoms with van der Waals surface area (Å²) in [4.78, 5) is 7.86. The number of aromatic nitrogens is 2. The lowest BCUT2D eigenvalue weighted by Gasteiger charge is -2.13. The van der Waals surface area contributed by atoms with Crippen molar-refractivity contribution >= 4 is 11.6 Å². The summed E-state index contributed by atoms with van der Waals surface area (Å²) in [5.74, 6) is -0.261. The maximum Gasteiger partial charge on any atom is 0.153 e. The van der Waals surface area contributed by atoms with Crippen LogP contribution in [0.5, 0.6) is 11.5 Å². The van der Waals surface area contributed by atoms with Crippen LogP contribution in [0.2, 0.25) is 5.15 Å². The molecule has 0 spiro atoms. The number of phenols is 2. The normalized spacial score (nSPS) is 12.1. The zero-order valence-corrected chi connectivity index (χ0v) is 9.83. The smallest absolute Gasteiger partial charge is 0.153 e. The van der Waals surface area contributed by atoms with Crippen LogP contribution in [0, 0.1) is 5.53 Å². The molecular weight excluding hydrogens is 256 g/mol. The first kappa shape index (κ1) is 12.3. The van der Waals surface area contributed by atoms with E-state index in [1.54, 1.807) is 0 Å². The molecule has 7 heteroatoms. The van der Waals surface area contributed by atoms with Crippen molar-refractivity contribution in [2.45, 2.75) is 6.04 Å². The van der Waals surface area contributed by atoms with E-state index in [-0.39, 0.29) is 22.3 Å². The predicted molar refractivity (Wildman–Crippen MR) is 63.8 cm³/mol. The number of benzene rings is 1. The summed E-state index contributed by atoms with van der Waals surface area (Å²) in [6.45, 7) is 0. The van der Waals surface area contributed by atoms with Gasteiger partial charge in [-0.15, -0.1) is 0 Å². The fourth-order valence-corrected chi connectivity index (χ4v) is 1.76. The van der Waals surface area contributed by atoms with E-state index in [1.807, 2.05) is 0 Å². The van der Waals surface area contributed by atoms with Crippen LogP contribution < -0.4 is 0 Å². The Balaban J connectivity index is 2.52. The summed E-state index contributed by atoms with van der Waals surface area (Å²) >= 11 is 5.88. The Morgan fingerprint density at radius 1 is 1.22 bits per heavy atom. The van der Waals surface area contributed by atoms with Crippen molar-refractivity contribution < 1.29 is 10.2 Å². The Morgan fingerprint density at radius 3 is 2.56 bits per heavy atom. The van der Waals surface area contributed by atoms with Gasteiger partial charge >= 0.3 is 0 Å². The van der Waals surface area contributed by atoms with Gasteiger partial charge in [-0.25, -0.2) is 10.5 Å². The van der Waals surface area contributed by atoms with Gasteiger partial charge in [-0.3, -0.25) is 4.98 Å². The van der Waals surface area contributed by atoms with Crippen LogP contribution in [0.25, 0.3) is 0 Å². The van der Waals surface area contributed by atoms with Gasteiger partial charge < -0.3 is 10.2 Å². The van der Waals surface area contributed by atoms with E-state index in [0.717, 1.165) is 6.07 Å².